The van der Waals surface area contributed by atoms with Gasteiger partial charge in [0.05, 0.1) is 5.69 Å². The van der Waals surface area contributed by atoms with E-state index in [1.807, 2.05) is 18.2 Å². The molecule has 6 heteroatoms. The van der Waals surface area contributed by atoms with Gasteiger partial charge in [-0.3, -0.25) is 4.98 Å². The van der Waals surface area contributed by atoms with Crippen molar-refractivity contribution in [3.05, 3.63) is 46.9 Å². The first-order valence-corrected chi connectivity index (χ1v) is 6.30. The molecule has 20 heavy (non-hydrogen) atoms. The van der Waals surface area contributed by atoms with E-state index in [-0.39, 0.29) is 5.56 Å². The Labute approximate surface area is 116 Å². The van der Waals surface area contributed by atoms with E-state index < -0.39 is 5.97 Å². The summed E-state index contributed by atoms with van der Waals surface area (Å²) in [6.07, 6.45) is 2.42. The summed E-state index contributed by atoms with van der Waals surface area (Å²) in [6, 6.07) is 5.70. The summed E-state index contributed by atoms with van der Waals surface area (Å²) in [7, 11) is 0. The lowest BCUT2D eigenvalue weighted by molar-refractivity contribution is 0.0696. The third-order valence-electron chi connectivity index (χ3n) is 3.07. The molecule has 6 nitrogen and oxygen atoms in total. The zero-order valence-corrected chi connectivity index (χ0v) is 11.4. The van der Waals surface area contributed by atoms with Gasteiger partial charge in [-0.05, 0) is 31.5 Å². The second-order valence-electron chi connectivity index (χ2n) is 4.44. The highest BCUT2D eigenvalue weighted by Crippen LogP contribution is 2.18. The van der Waals surface area contributed by atoms with Gasteiger partial charge in [-0.25, -0.2) is 4.79 Å². The van der Waals surface area contributed by atoms with E-state index in [0.717, 1.165) is 5.69 Å². The Morgan fingerprint density at radius 2 is 2.10 bits per heavy atom. The maximum absolute atomic E-state index is 11.3. The molecule has 0 aliphatic rings. The maximum Gasteiger partial charge on any atom is 0.339 e. The number of aromatic nitrogens is 3. The Bertz CT molecular complexity index is 614. The van der Waals surface area contributed by atoms with E-state index in [0.29, 0.717) is 30.0 Å². The lowest BCUT2D eigenvalue weighted by atomic mass is 10.1. The fourth-order valence-corrected chi connectivity index (χ4v) is 1.85. The second-order valence-corrected chi connectivity index (χ2v) is 4.44. The molecule has 2 rings (SSSR count). The molecule has 0 radical (unpaired) electrons. The summed E-state index contributed by atoms with van der Waals surface area (Å²) in [5, 5.41) is 20.2. The number of carboxylic acids is 1. The molecule has 0 atom stereocenters. The fraction of sp³-hybridized carbons (Fsp3) is 0.286. The van der Waals surface area contributed by atoms with E-state index in [1.54, 1.807) is 20.0 Å². The number of hydrogen-bond acceptors (Lipinski definition) is 5. The van der Waals surface area contributed by atoms with Crippen molar-refractivity contribution in [1.82, 2.24) is 15.2 Å². The van der Waals surface area contributed by atoms with Crippen LogP contribution in [0.1, 0.15) is 27.3 Å². The molecule has 2 N–H and O–H groups in total. The third kappa shape index (κ3) is 3.09. The number of anilines is 1. The van der Waals surface area contributed by atoms with Gasteiger partial charge in [0.15, 0.2) is 5.82 Å². The van der Waals surface area contributed by atoms with Gasteiger partial charge in [-0.2, -0.15) is 5.10 Å². The third-order valence-corrected chi connectivity index (χ3v) is 3.07. The molecular formula is C14H16N4O2. The van der Waals surface area contributed by atoms with E-state index in [2.05, 4.69) is 20.5 Å². The Hall–Kier alpha value is -2.50. The molecule has 0 unspecified atom stereocenters. The van der Waals surface area contributed by atoms with E-state index >= 15 is 0 Å². The quantitative estimate of drug-likeness (QED) is 0.863. The molecule has 2 heterocycles. The lowest BCUT2D eigenvalue weighted by Crippen LogP contribution is -2.15. The number of aromatic carboxylic acids is 1. The van der Waals surface area contributed by atoms with Gasteiger partial charge in [-0.15, -0.1) is 5.10 Å². The van der Waals surface area contributed by atoms with Crippen molar-refractivity contribution in [3.8, 4) is 0 Å². The standard InChI is InChI=1S/C14H16N4O2/c1-9-10(2)17-18-13(12(9)14(19)20)16-8-6-11-5-3-4-7-15-11/h3-5,7H,6,8H2,1-2H3,(H,16,18)(H,19,20). The van der Waals surface area contributed by atoms with Crippen molar-refractivity contribution in [2.24, 2.45) is 0 Å². The number of hydrogen-bond donors (Lipinski definition) is 2. The van der Waals surface area contributed by atoms with Gasteiger partial charge in [0, 0.05) is 24.9 Å². The highest BCUT2D eigenvalue weighted by atomic mass is 16.4. The van der Waals surface area contributed by atoms with Crippen LogP contribution < -0.4 is 5.32 Å². The van der Waals surface area contributed by atoms with Crippen molar-refractivity contribution in [1.29, 1.82) is 0 Å². The van der Waals surface area contributed by atoms with Gasteiger partial charge in [0.2, 0.25) is 0 Å². The summed E-state index contributed by atoms with van der Waals surface area (Å²) in [5.74, 6) is -0.697. The highest BCUT2D eigenvalue weighted by molar-refractivity contribution is 5.94. The Kier molecular flexibility index (Phi) is 4.24. The fourth-order valence-electron chi connectivity index (χ4n) is 1.85. The van der Waals surface area contributed by atoms with Gasteiger partial charge in [-0.1, -0.05) is 6.07 Å². The molecule has 0 amide bonds. The predicted molar refractivity (Wildman–Crippen MR) is 74.9 cm³/mol. The number of aryl methyl sites for hydroxylation is 1. The van der Waals surface area contributed by atoms with Crippen LogP contribution in [-0.2, 0) is 6.42 Å². The number of carbonyl (C=O) groups is 1. The van der Waals surface area contributed by atoms with Crippen LogP contribution in [0.4, 0.5) is 5.82 Å². The molecule has 0 saturated carbocycles. The van der Waals surface area contributed by atoms with Crippen LogP contribution in [0.25, 0.3) is 0 Å². The molecule has 0 aromatic carbocycles. The predicted octanol–water partition coefficient (Wildman–Crippen LogP) is 1.84. The van der Waals surface area contributed by atoms with E-state index in [4.69, 9.17) is 0 Å². The number of nitrogens with zero attached hydrogens (tertiary/aromatic N) is 3. The SMILES string of the molecule is Cc1nnc(NCCc2ccccn2)c(C(=O)O)c1C. The Balaban J connectivity index is 2.10. The van der Waals surface area contributed by atoms with Crippen molar-refractivity contribution < 1.29 is 9.90 Å². The Morgan fingerprint density at radius 1 is 1.30 bits per heavy atom. The van der Waals surface area contributed by atoms with Gasteiger partial charge in [0.1, 0.15) is 5.56 Å². The van der Waals surface area contributed by atoms with E-state index in [9.17, 15) is 9.90 Å². The molecule has 0 aliphatic carbocycles. The molecule has 0 aliphatic heterocycles. The molecular weight excluding hydrogens is 256 g/mol. The number of carboxylic acid groups (broad SMARTS) is 1. The minimum Gasteiger partial charge on any atom is -0.478 e. The summed E-state index contributed by atoms with van der Waals surface area (Å²) in [5.41, 5.74) is 2.37. The highest BCUT2D eigenvalue weighted by Gasteiger charge is 2.17. The van der Waals surface area contributed by atoms with E-state index in [1.165, 1.54) is 0 Å². The smallest absolute Gasteiger partial charge is 0.339 e. The van der Waals surface area contributed by atoms with Crippen LogP contribution in [0.15, 0.2) is 24.4 Å². The number of rotatable bonds is 5. The summed E-state index contributed by atoms with van der Waals surface area (Å²) in [4.78, 5) is 15.5. The molecule has 2 aromatic heterocycles. The van der Waals surface area contributed by atoms with Crippen molar-refractivity contribution in [2.45, 2.75) is 20.3 Å². The normalized spacial score (nSPS) is 10.3. The zero-order chi connectivity index (χ0) is 14.5. The molecule has 104 valence electrons. The average Bonchev–Trinajstić information content (AvgIpc) is 2.43. The number of nitrogens with one attached hydrogen (secondary N) is 1. The van der Waals surface area contributed by atoms with Crippen molar-refractivity contribution >= 4 is 11.8 Å². The first-order chi connectivity index (χ1) is 9.59. The van der Waals surface area contributed by atoms with Crippen LogP contribution >= 0.6 is 0 Å². The molecule has 0 bridgehead atoms. The van der Waals surface area contributed by atoms with Gasteiger partial charge < -0.3 is 10.4 Å². The van der Waals surface area contributed by atoms with Crippen LogP contribution in [-0.4, -0.2) is 32.8 Å². The molecule has 0 spiro atoms. The lowest BCUT2D eigenvalue weighted by Gasteiger charge is -2.11. The van der Waals surface area contributed by atoms with Crippen molar-refractivity contribution in [2.75, 3.05) is 11.9 Å². The number of pyridine rings is 1. The summed E-state index contributed by atoms with van der Waals surface area (Å²) in [6.45, 7) is 4.03. The first-order valence-electron chi connectivity index (χ1n) is 6.30. The van der Waals surface area contributed by atoms with Crippen LogP contribution in [0.2, 0.25) is 0 Å². The molecule has 0 fully saturated rings. The second kappa shape index (κ2) is 6.10. The largest absolute Gasteiger partial charge is 0.478 e. The molecule has 0 saturated heterocycles. The minimum absolute atomic E-state index is 0.179. The van der Waals surface area contributed by atoms with Crippen LogP contribution in [0.3, 0.4) is 0 Å². The van der Waals surface area contributed by atoms with Crippen LogP contribution in [0.5, 0.6) is 0 Å². The average molecular weight is 272 g/mol. The maximum atomic E-state index is 11.3. The van der Waals surface area contributed by atoms with Gasteiger partial charge >= 0.3 is 5.97 Å². The topological polar surface area (TPSA) is 88.0 Å². The summed E-state index contributed by atoms with van der Waals surface area (Å²) >= 11 is 0. The summed E-state index contributed by atoms with van der Waals surface area (Å²) < 4.78 is 0. The monoisotopic (exact) mass is 272 g/mol. The Morgan fingerprint density at radius 3 is 2.75 bits per heavy atom. The van der Waals surface area contributed by atoms with Gasteiger partial charge in [0.25, 0.3) is 0 Å². The molecule has 2 aromatic rings. The zero-order valence-electron chi connectivity index (χ0n) is 11.4. The minimum atomic E-state index is -0.999. The van der Waals surface area contributed by atoms with Crippen molar-refractivity contribution in [3.63, 3.8) is 0 Å². The first kappa shape index (κ1) is 13.9. The van der Waals surface area contributed by atoms with Crippen LogP contribution in [0, 0.1) is 13.8 Å².